The molecule has 13 heavy (non-hydrogen) atoms. The fraction of sp³-hybridized carbons (Fsp3) is 0.286. The van der Waals surface area contributed by atoms with Gasteiger partial charge in [0, 0.05) is 18.8 Å². The van der Waals surface area contributed by atoms with Crippen LogP contribution in [0.15, 0.2) is 22.9 Å². The van der Waals surface area contributed by atoms with Gasteiger partial charge < -0.3 is 11.5 Å². The molecule has 0 aromatic carbocycles. The maximum absolute atomic E-state index is 5.66. The first-order valence-electron chi connectivity index (χ1n) is 3.31. The molecule has 6 heteroatoms. The van der Waals surface area contributed by atoms with Crippen molar-refractivity contribution in [3.05, 3.63) is 28.5 Å². The summed E-state index contributed by atoms with van der Waals surface area (Å²) < 4.78 is 0.811. The zero-order valence-electron chi connectivity index (χ0n) is 6.81. The van der Waals surface area contributed by atoms with Crippen LogP contribution in [0.3, 0.4) is 0 Å². The minimum Gasteiger partial charge on any atom is -0.329 e. The highest BCUT2D eigenvalue weighted by molar-refractivity contribution is 9.10. The Kier molecular flexibility index (Phi) is 9.03. The number of rotatable bonds is 2. The zero-order valence-corrected chi connectivity index (χ0v) is 10.0. The Morgan fingerprint density at radius 1 is 1.38 bits per heavy atom. The first kappa shape index (κ1) is 15.6. The largest absolute Gasteiger partial charge is 0.329 e. The van der Waals surface area contributed by atoms with E-state index in [1.54, 1.807) is 6.20 Å². The first-order chi connectivity index (χ1) is 5.24. The van der Waals surface area contributed by atoms with Gasteiger partial charge in [-0.25, -0.2) is 4.98 Å². The molecule has 3 nitrogen and oxygen atoms in total. The number of pyridine rings is 1. The van der Waals surface area contributed by atoms with Crippen LogP contribution < -0.4 is 11.5 Å². The van der Waals surface area contributed by atoms with Crippen LogP contribution in [0.4, 0.5) is 0 Å². The molecule has 0 saturated heterocycles. The molecule has 1 atom stereocenters. The molecule has 0 fully saturated rings. The van der Waals surface area contributed by atoms with E-state index < -0.39 is 0 Å². The number of aromatic nitrogens is 1. The highest BCUT2D eigenvalue weighted by Gasteiger charge is 2.02. The summed E-state index contributed by atoms with van der Waals surface area (Å²) in [6.45, 7) is 0.448. The average molecular weight is 289 g/mol. The lowest BCUT2D eigenvalue weighted by molar-refractivity contribution is 0.732. The molecule has 0 aliphatic rings. The van der Waals surface area contributed by atoms with Crippen LogP contribution in [-0.4, -0.2) is 11.5 Å². The van der Waals surface area contributed by atoms with Crippen molar-refractivity contribution in [2.75, 3.05) is 6.54 Å². The number of nitrogens with zero attached hydrogens (tertiary/aromatic N) is 1. The van der Waals surface area contributed by atoms with E-state index in [0.29, 0.717) is 6.54 Å². The quantitative estimate of drug-likeness (QED) is 0.814. The summed E-state index contributed by atoms with van der Waals surface area (Å²) in [6, 6.07) is 3.66. The lowest BCUT2D eigenvalue weighted by atomic mass is 10.1. The van der Waals surface area contributed by atoms with Gasteiger partial charge in [-0.3, -0.25) is 0 Å². The van der Waals surface area contributed by atoms with Crippen LogP contribution in [0.2, 0.25) is 0 Å². The average Bonchev–Trinajstić information content (AvgIpc) is 2.05. The lowest BCUT2D eigenvalue weighted by Gasteiger charge is -2.07. The molecule has 1 rings (SSSR count). The van der Waals surface area contributed by atoms with Gasteiger partial charge in [-0.15, -0.1) is 24.8 Å². The van der Waals surface area contributed by atoms with Gasteiger partial charge >= 0.3 is 0 Å². The van der Waals surface area contributed by atoms with E-state index in [4.69, 9.17) is 11.5 Å². The third kappa shape index (κ3) is 4.78. The van der Waals surface area contributed by atoms with Crippen LogP contribution in [0.1, 0.15) is 11.6 Å². The van der Waals surface area contributed by atoms with Crippen molar-refractivity contribution in [1.29, 1.82) is 0 Å². The second-order valence-corrected chi connectivity index (χ2v) is 3.07. The van der Waals surface area contributed by atoms with Crippen LogP contribution in [0.25, 0.3) is 0 Å². The highest BCUT2D eigenvalue weighted by atomic mass is 79.9. The minimum atomic E-state index is -0.101. The van der Waals surface area contributed by atoms with E-state index in [2.05, 4.69) is 20.9 Å². The van der Waals surface area contributed by atoms with Crippen molar-refractivity contribution < 1.29 is 0 Å². The monoisotopic (exact) mass is 287 g/mol. The zero-order chi connectivity index (χ0) is 8.27. The maximum Gasteiger partial charge on any atom is 0.106 e. The summed E-state index contributed by atoms with van der Waals surface area (Å²) in [4.78, 5) is 4.03. The summed E-state index contributed by atoms with van der Waals surface area (Å²) in [7, 11) is 0. The summed E-state index contributed by atoms with van der Waals surface area (Å²) in [6.07, 6.45) is 1.72. The molecular weight excluding hydrogens is 277 g/mol. The standard InChI is InChI=1S/C7H10BrN3.2ClH/c8-7-2-1-5(4-11-7)6(10)3-9;;/h1-2,4,6H,3,9-10H2;2*1H. The van der Waals surface area contributed by atoms with E-state index in [1.165, 1.54) is 0 Å². The SMILES string of the molecule is Cl.Cl.NCC(N)c1ccc(Br)nc1. The molecule has 0 amide bonds. The predicted molar refractivity (Wildman–Crippen MR) is 62.4 cm³/mol. The Morgan fingerprint density at radius 3 is 2.38 bits per heavy atom. The van der Waals surface area contributed by atoms with Gasteiger partial charge in [0.15, 0.2) is 0 Å². The van der Waals surface area contributed by atoms with Gasteiger partial charge in [-0.05, 0) is 27.6 Å². The second-order valence-electron chi connectivity index (χ2n) is 2.26. The fourth-order valence-corrected chi connectivity index (χ4v) is 0.977. The van der Waals surface area contributed by atoms with Crippen LogP contribution in [0, 0.1) is 0 Å². The van der Waals surface area contributed by atoms with E-state index in [9.17, 15) is 0 Å². The molecule has 0 radical (unpaired) electrons. The normalized spacial score (nSPS) is 11.0. The molecule has 1 aromatic heterocycles. The summed E-state index contributed by atoms with van der Waals surface area (Å²) >= 11 is 3.23. The Morgan fingerprint density at radius 2 is 2.00 bits per heavy atom. The van der Waals surface area contributed by atoms with E-state index >= 15 is 0 Å². The first-order valence-corrected chi connectivity index (χ1v) is 4.10. The van der Waals surface area contributed by atoms with Gasteiger partial charge in [-0.2, -0.15) is 0 Å². The van der Waals surface area contributed by atoms with Crippen molar-refractivity contribution in [2.24, 2.45) is 11.5 Å². The highest BCUT2D eigenvalue weighted by Crippen LogP contribution is 2.10. The predicted octanol–water partition coefficient (Wildman–Crippen LogP) is 1.65. The minimum absolute atomic E-state index is 0. The van der Waals surface area contributed by atoms with Crippen molar-refractivity contribution in [3.63, 3.8) is 0 Å². The Balaban J connectivity index is 0. The number of nitrogens with two attached hydrogens (primary N) is 2. The Bertz CT molecular complexity index is 230. The topological polar surface area (TPSA) is 64.9 Å². The second kappa shape index (κ2) is 7.53. The summed E-state index contributed by atoms with van der Waals surface area (Å²) in [5.74, 6) is 0. The van der Waals surface area contributed by atoms with Gasteiger partial charge in [0.1, 0.15) is 4.60 Å². The third-order valence-corrected chi connectivity index (χ3v) is 1.90. The number of halogens is 3. The Hall–Kier alpha value is 0.130. The number of hydrogen-bond acceptors (Lipinski definition) is 3. The van der Waals surface area contributed by atoms with Crippen LogP contribution >= 0.6 is 40.7 Å². The fourth-order valence-electron chi connectivity index (χ4n) is 0.743. The lowest BCUT2D eigenvalue weighted by Crippen LogP contribution is -2.20. The van der Waals surface area contributed by atoms with Crippen LogP contribution in [-0.2, 0) is 0 Å². The third-order valence-electron chi connectivity index (χ3n) is 1.43. The molecule has 76 valence electrons. The van der Waals surface area contributed by atoms with Gasteiger partial charge in [-0.1, -0.05) is 6.07 Å². The molecule has 1 heterocycles. The van der Waals surface area contributed by atoms with Crippen molar-refractivity contribution in [1.82, 2.24) is 4.98 Å². The number of hydrogen-bond donors (Lipinski definition) is 2. The Labute approximate surface area is 98.2 Å². The van der Waals surface area contributed by atoms with Gasteiger partial charge in [0.05, 0.1) is 0 Å². The molecule has 4 N–H and O–H groups in total. The summed E-state index contributed by atoms with van der Waals surface area (Å²) in [5, 5.41) is 0. The van der Waals surface area contributed by atoms with Crippen LogP contribution in [0.5, 0.6) is 0 Å². The molecule has 1 unspecified atom stereocenters. The van der Waals surface area contributed by atoms with Gasteiger partial charge in [0.25, 0.3) is 0 Å². The molecule has 0 aliphatic heterocycles. The van der Waals surface area contributed by atoms with E-state index in [1.807, 2.05) is 12.1 Å². The maximum atomic E-state index is 5.66. The smallest absolute Gasteiger partial charge is 0.106 e. The molecular formula is C7H12BrCl2N3. The molecule has 1 aromatic rings. The van der Waals surface area contributed by atoms with Crippen molar-refractivity contribution >= 4 is 40.7 Å². The summed E-state index contributed by atoms with van der Waals surface area (Å²) in [5.41, 5.74) is 12.0. The molecule has 0 aliphatic carbocycles. The van der Waals surface area contributed by atoms with Crippen molar-refractivity contribution in [2.45, 2.75) is 6.04 Å². The molecule has 0 saturated carbocycles. The van der Waals surface area contributed by atoms with Gasteiger partial charge in [0.2, 0.25) is 0 Å². The van der Waals surface area contributed by atoms with E-state index in [0.717, 1.165) is 10.2 Å². The molecule has 0 spiro atoms. The molecule has 0 bridgehead atoms. The van der Waals surface area contributed by atoms with E-state index in [-0.39, 0.29) is 30.9 Å². The van der Waals surface area contributed by atoms with Crippen molar-refractivity contribution in [3.8, 4) is 0 Å².